The zero-order valence-corrected chi connectivity index (χ0v) is 11.2. The van der Waals surface area contributed by atoms with Gasteiger partial charge in [0.1, 0.15) is 11.7 Å². The molecule has 0 spiro atoms. The number of hydrogen-bond acceptors (Lipinski definition) is 3. The van der Waals surface area contributed by atoms with Crippen LogP contribution in [0.3, 0.4) is 0 Å². The highest BCUT2D eigenvalue weighted by Crippen LogP contribution is 2.21. The summed E-state index contributed by atoms with van der Waals surface area (Å²) in [7, 11) is 0. The summed E-state index contributed by atoms with van der Waals surface area (Å²) in [5.74, 6) is -2.57. The maximum Gasteiger partial charge on any atom is 0.391 e. The van der Waals surface area contributed by atoms with Crippen molar-refractivity contribution in [2.75, 3.05) is 0 Å². The quantitative estimate of drug-likeness (QED) is 0.873. The number of aromatic nitrogens is 2. The van der Waals surface area contributed by atoms with Crippen LogP contribution in [0.4, 0.5) is 13.2 Å². The van der Waals surface area contributed by atoms with E-state index < -0.39 is 30.5 Å². The van der Waals surface area contributed by atoms with Crippen LogP contribution in [-0.4, -0.2) is 38.6 Å². The first kappa shape index (κ1) is 15.8. The fourth-order valence-electron chi connectivity index (χ4n) is 1.91. The summed E-state index contributed by atoms with van der Waals surface area (Å²) >= 11 is 0. The molecule has 0 saturated carbocycles. The molecule has 1 amide bonds. The van der Waals surface area contributed by atoms with E-state index in [-0.39, 0.29) is 6.42 Å². The van der Waals surface area contributed by atoms with Crippen LogP contribution in [-0.2, 0) is 16.0 Å². The van der Waals surface area contributed by atoms with Gasteiger partial charge in [-0.05, 0) is 12.1 Å². The number of carboxylic acid groups (broad SMARTS) is 1. The van der Waals surface area contributed by atoms with Crippen LogP contribution >= 0.6 is 0 Å². The Morgan fingerprint density at radius 1 is 1.36 bits per heavy atom. The average Bonchev–Trinajstić information content (AvgIpc) is 2.77. The average molecular weight is 315 g/mol. The van der Waals surface area contributed by atoms with Crippen molar-refractivity contribution in [3.8, 4) is 0 Å². The van der Waals surface area contributed by atoms with Gasteiger partial charge in [0.05, 0.1) is 18.5 Å². The molecule has 2 heterocycles. The van der Waals surface area contributed by atoms with Gasteiger partial charge >= 0.3 is 12.1 Å². The summed E-state index contributed by atoms with van der Waals surface area (Å²) in [5, 5.41) is 10.6. The Morgan fingerprint density at radius 2 is 2.09 bits per heavy atom. The fraction of sp³-hybridized carbons (Fsp3) is 0.308. The van der Waals surface area contributed by atoms with Crippen molar-refractivity contribution in [2.24, 2.45) is 0 Å². The number of halogens is 3. The molecule has 2 aromatic heterocycles. The minimum absolute atomic E-state index is 0.302. The molecule has 0 fully saturated rings. The van der Waals surface area contributed by atoms with Crippen molar-refractivity contribution in [3.63, 3.8) is 0 Å². The van der Waals surface area contributed by atoms with Gasteiger partial charge in [0.25, 0.3) is 0 Å². The van der Waals surface area contributed by atoms with E-state index in [2.05, 4.69) is 4.98 Å². The molecule has 0 radical (unpaired) electrons. The van der Waals surface area contributed by atoms with Gasteiger partial charge in [-0.3, -0.25) is 4.79 Å². The van der Waals surface area contributed by atoms with E-state index in [0.717, 1.165) is 0 Å². The van der Waals surface area contributed by atoms with Crippen molar-refractivity contribution < 1.29 is 27.9 Å². The second kappa shape index (κ2) is 6.04. The maximum absolute atomic E-state index is 12.3. The number of nitrogens with zero attached hydrogens (tertiary/aromatic N) is 2. The van der Waals surface area contributed by atoms with Crippen LogP contribution < -0.4 is 5.32 Å². The second-order valence-corrected chi connectivity index (χ2v) is 4.65. The summed E-state index contributed by atoms with van der Waals surface area (Å²) in [5.41, 5.74) is 0.912. The Bertz CT molecular complexity index is 663. The Balaban J connectivity index is 2.03. The lowest BCUT2D eigenvalue weighted by Crippen LogP contribution is -2.44. The minimum Gasteiger partial charge on any atom is -0.480 e. The molecular weight excluding hydrogens is 303 g/mol. The van der Waals surface area contributed by atoms with Gasteiger partial charge in [-0.25, -0.2) is 9.78 Å². The van der Waals surface area contributed by atoms with Gasteiger partial charge in [-0.1, -0.05) is 6.07 Å². The van der Waals surface area contributed by atoms with Gasteiger partial charge in [0.15, 0.2) is 0 Å². The number of amides is 1. The number of carbonyl (C=O) groups excluding carboxylic acids is 1. The largest absolute Gasteiger partial charge is 0.480 e. The van der Waals surface area contributed by atoms with Crippen molar-refractivity contribution in [3.05, 3.63) is 36.3 Å². The molecule has 9 heteroatoms. The number of imidazole rings is 1. The van der Waals surface area contributed by atoms with E-state index in [1.54, 1.807) is 35.0 Å². The molecule has 118 valence electrons. The monoisotopic (exact) mass is 315 g/mol. The fourth-order valence-corrected chi connectivity index (χ4v) is 1.91. The van der Waals surface area contributed by atoms with Crippen molar-refractivity contribution in [2.45, 2.75) is 25.1 Å². The third-order valence-corrected chi connectivity index (χ3v) is 2.82. The van der Waals surface area contributed by atoms with Gasteiger partial charge in [-0.2, -0.15) is 13.2 Å². The van der Waals surface area contributed by atoms with Gasteiger partial charge in [0.2, 0.25) is 5.91 Å². The summed E-state index contributed by atoms with van der Waals surface area (Å²) in [4.78, 5) is 26.6. The number of hydrogen-bond donors (Lipinski definition) is 2. The van der Waals surface area contributed by atoms with Crippen LogP contribution in [0.2, 0.25) is 0 Å². The predicted molar refractivity (Wildman–Crippen MR) is 69.1 cm³/mol. The highest BCUT2D eigenvalue weighted by molar-refractivity contribution is 5.84. The van der Waals surface area contributed by atoms with E-state index in [0.29, 0.717) is 11.3 Å². The normalized spacial score (nSPS) is 13.0. The number of carbonyl (C=O) groups is 2. The lowest BCUT2D eigenvalue weighted by Gasteiger charge is -2.15. The van der Waals surface area contributed by atoms with Crippen LogP contribution in [0.1, 0.15) is 12.1 Å². The van der Waals surface area contributed by atoms with E-state index >= 15 is 0 Å². The van der Waals surface area contributed by atoms with E-state index in [1.807, 2.05) is 5.32 Å². The topological polar surface area (TPSA) is 83.7 Å². The first-order chi connectivity index (χ1) is 10.2. The molecule has 0 aliphatic heterocycles. The highest BCUT2D eigenvalue weighted by atomic mass is 19.4. The van der Waals surface area contributed by atoms with Crippen molar-refractivity contribution in [1.29, 1.82) is 0 Å². The smallest absolute Gasteiger partial charge is 0.391 e. The number of alkyl halides is 3. The first-order valence-electron chi connectivity index (χ1n) is 6.26. The maximum atomic E-state index is 12.3. The van der Waals surface area contributed by atoms with Crippen molar-refractivity contribution in [1.82, 2.24) is 14.7 Å². The molecule has 1 unspecified atom stereocenters. The standard InChI is InChI=1S/C13H12F3N3O3/c14-13(15,16)6-9(12(21)22)18-11(20)5-8-7-19-4-2-1-3-10(19)17-8/h1-4,7,9H,5-6H2,(H,18,20)(H,21,22). The number of carboxylic acids is 1. The van der Waals surface area contributed by atoms with E-state index in [9.17, 15) is 22.8 Å². The van der Waals surface area contributed by atoms with Crippen molar-refractivity contribution >= 4 is 17.5 Å². The third-order valence-electron chi connectivity index (χ3n) is 2.82. The van der Waals surface area contributed by atoms with Gasteiger partial charge < -0.3 is 14.8 Å². The Hall–Kier alpha value is -2.58. The lowest BCUT2D eigenvalue weighted by atomic mass is 10.2. The third kappa shape index (κ3) is 4.21. The molecule has 6 nitrogen and oxygen atoms in total. The van der Waals surface area contributed by atoms with Crippen LogP contribution in [0.25, 0.3) is 5.65 Å². The van der Waals surface area contributed by atoms with E-state index in [1.165, 1.54) is 0 Å². The lowest BCUT2D eigenvalue weighted by molar-refractivity contribution is -0.159. The zero-order valence-electron chi connectivity index (χ0n) is 11.2. The molecule has 2 N–H and O–H groups in total. The molecule has 22 heavy (non-hydrogen) atoms. The van der Waals surface area contributed by atoms with Crippen LogP contribution in [0.5, 0.6) is 0 Å². The van der Waals surface area contributed by atoms with E-state index in [4.69, 9.17) is 5.11 Å². The number of aliphatic carboxylic acids is 1. The Morgan fingerprint density at radius 3 is 2.68 bits per heavy atom. The highest BCUT2D eigenvalue weighted by Gasteiger charge is 2.36. The molecule has 0 aliphatic rings. The predicted octanol–water partition coefficient (Wildman–Crippen LogP) is 1.40. The summed E-state index contributed by atoms with van der Waals surface area (Å²) in [6.07, 6.45) is -3.36. The number of fused-ring (bicyclic) bond motifs is 1. The molecule has 0 saturated heterocycles. The molecular formula is C13H12F3N3O3. The van der Waals surface area contributed by atoms with Crippen LogP contribution in [0.15, 0.2) is 30.6 Å². The summed E-state index contributed by atoms with van der Waals surface area (Å²) in [6.45, 7) is 0. The SMILES string of the molecule is O=C(Cc1cn2ccccc2n1)NC(CC(F)(F)F)C(=O)O. The second-order valence-electron chi connectivity index (χ2n) is 4.65. The Kier molecular flexibility index (Phi) is 4.34. The number of rotatable bonds is 5. The molecule has 0 aliphatic carbocycles. The summed E-state index contributed by atoms with van der Waals surface area (Å²) < 4.78 is 38.4. The van der Waals surface area contributed by atoms with Gasteiger partial charge in [-0.15, -0.1) is 0 Å². The first-order valence-corrected chi connectivity index (χ1v) is 6.26. The minimum atomic E-state index is -4.68. The van der Waals surface area contributed by atoms with Crippen LogP contribution in [0, 0.1) is 0 Å². The molecule has 1 atom stereocenters. The molecule has 0 aromatic carbocycles. The summed E-state index contributed by atoms with van der Waals surface area (Å²) in [6, 6.07) is 3.19. The number of pyridine rings is 1. The zero-order chi connectivity index (χ0) is 16.3. The molecule has 2 rings (SSSR count). The molecule has 0 bridgehead atoms. The Labute approximate surface area is 122 Å². The number of nitrogens with one attached hydrogen (secondary N) is 1. The van der Waals surface area contributed by atoms with Gasteiger partial charge in [0, 0.05) is 12.4 Å². The molecule has 2 aromatic rings.